The van der Waals surface area contributed by atoms with Gasteiger partial charge in [-0.3, -0.25) is 4.79 Å². The molecule has 0 saturated carbocycles. The highest BCUT2D eigenvalue weighted by Gasteiger charge is 2.28. The summed E-state index contributed by atoms with van der Waals surface area (Å²) in [5, 5.41) is 2.80. The van der Waals surface area contributed by atoms with Gasteiger partial charge in [0.2, 0.25) is 10.0 Å². The summed E-state index contributed by atoms with van der Waals surface area (Å²) in [5.41, 5.74) is 1.83. The minimum atomic E-state index is -3.62. The van der Waals surface area contributed by atoms with Gasteiger partial charge < -0.3 is 15.0 Å². The zero-order valence-corrected chi connectivity index (χ0v) is 16.6. The maximum absolute atomic E-state index is 12.6. The van der Waals surface area contributed by atoms with E-state index in [1.54, 1.807) is 0 Å². The molecule has 0 bridgehead atoms. The van der Waals surface area contributed by atoms with Gasteiger partial charge in [0, 0.05) is 28.5 Å². The van der Waals surface area contributed by atoms with Crippen molar-refractivity contribution in [2.24, 2.45) is 0 Å². The number of nitrogens with one attached hydrogen (secondary N) is 2. The molecule has 1 amide bonds. The molecule has 1 aromatic heterocycles. The summed E-state index contributed by atoms with van der Waals surface area (Å²) in [6.45, 7) is 3.29. The first-order chi connectivity index (χ1) is 11.9. The molecule has 2 heterocycles. The standard InChI is InChI=1S/C16H18IN3O4S/c1-11-8-12(17)2-3-14(11)19-16(21)15-9-13(10-18-15)25(22,23)20-4-6-24-7-5-20/h2-3,8-10,18H,4-7H2,1H3,(H,19,21). The molecule has 1 aliphatic rings. The summed E-state index contributed by atoms with van der Waals surface area (Å²) in [5.74, 6) is -0.382. The van der Waals surface area contributed by atoms with Crippen molar-refractivity contribution in [1.29, 1.82) is 0 Å². The summed E-state index contributed by atoms with van der Waals surface area (Å²) in [6.07, 6.45) is 1.35. The van der Waals surface area contributed by atoms with E-state index in [-0.39, 0.29) is 16.5 Å². The fourth-order valence-electron chi connectivity index (χ4n) is 2.55. The van der Waals surface area contributed by atoms with Crippen molar-refractivity contribution in [1.82, 2.24) is 9.29 Å². The van der Waals surface area contributed by atoms with E-state index in [9.17, 15) is 13.2 Å². The first-order valence-corrected chi connectivity index (χ1v) is 10.2. The molecule has 0 unspecified atom stereocenters. The second kappa shape index (κ2) is 7.44. The smallest absolute Gasteiger partial charge is 0.272 e. The van der Waals surface area contributed by atoms with Gasteiger partial charge in [0.1, 0.15) is 10.6 Å². The molecule has 1 aliphatic heterocycles. The zero-order chi connectivity index (χ0) is 18.0. The van der Waals surface area contributed by atoms with Crippen molar-refractivity contribution in [3.8, 4) is 0 Å². The van der Waals surface area contributed by atoms with E-state index in [0.29, 0.717) is 32.0 Å². The molecule has 1 fully saturated rings. The second-order valence-corrected chi connectivity index (χ2v) is 8.86. The third kappa shape index (κ3) is 4.05. The van der Waals surface area contributed by atoms with Crippen LogP contribution in [0.3, 0.4) is 0 Å². The zero-order valence-electron chi connectivity index (χ0n) is 13.6. The van der Waals surface area contributed by atoms with Crippen LogP contribution >= 0.6 is 22.6 Å². The molecule has 25 heavy (non-hydrogen) atoms. The molecule has 3 rings (SSSR count). The molecule has 0 aliphatic carbocycles. The topological polar surface area (TPSA) is 91.5 Å². The summed E-state index contributed by atoms with van der Waals surface area (Å²) >= 11 is 2.20. The van der Waals surface area contributed by atoms with E-state index in [2.05, 4.69) is 32.9 Å². The summed E-state index contributed by atoms with van der Waals surface area (Å²) in [6, 6.07) is 7.04. The van der Waals surface area contributed by atoms with Crippen LogP contribution in [0.1, 0.15) is 16.1 Å². The Morgan fingerprint density at radius 3 is 2.68 bits per heavy atom. The van der Waals surface area contributed by atoms with Crippen LogP contribution < -0.4 is 5.32 Å². The molecule has 134 valence electrons. The molecule has 7 nitrogen and oxygen atoms in total. The molecular weight excluding hydrogens is 457 g/mol. The molecule has 0 atom stereocenters. The van der Waals surface area contributed by atoms with E-state index in [4.69, 9.17) is 4.74 Å². The summed E-state index contributed by atoms with van der Waals surface area (Å²) in [7, 11) is -3.62. The van der Waals surface area contributed by atoms with Gasteiger partial charge in [-0.1, -0.05) is 0 Å². The van der Waals surface area contributed by atoms with Crippen LogP contribution in [0, 0.1) is 10.5 Å². The second-order valence-electron chi connectivity index (χ2n) is 5.68. The SMILES string of the molecule is Cc1cc(I)ccc1NC(=O)c1cc(S(=O)(=O)N2CCOCC2)c[nH]1. The summed E-state index contributed by atoms with van der Waals surface area (Å²) in [4.78, 5) is 15.2. The number of benzene rings is 1. The number of anilines is 1. The Hall–Kier alpha value is -1.43. The van der Waals surface area contributed by atoms with Gasteiger partial charge >= 0.3 is 0 Å². The molecular formula is C16H18IN3O4S. The molecule has 9 heteroatoms. The maximum Gasteiger partial charge on any atom is 0.272 e. The number of halogens is 1. The number of morpholine rings is 1. The maximum atomic E-state index is 12.6. The fourth-order valence-corrected chi connectivity index (χ4v) is 4.60. The van der Waals surface area contributed by atoms with Gasteiger partial charge in [-0.05, 0) is 59.3 Å². The molecule has 0 radical (unpaired) electrons. The van der Waals surface area contributed by atoms with Crippen molar-refractivity contribution in [3.05, 3.63) is 45.3 Å². The lowest BCUT2D eigenvalue weighted by Gasteiger charge is -2.25. The number of carbonyl (C=O) groups is 1. The first kappa shape index (κ1) is 18.4. The minimum absolute atomic E-state index is 0.0823. The molecule has 1 aromatic carbocycles. The average molecular weight is 475 g/mol. The lowest BCUT2D eigenvalue weighted by Crippen LogP contribution is -2.40. The van der Waals surface area contributed by atoms with Crippen LogP contribution in [0.25, 0.3) is 0 Å². The Morgan fingerprint density at radius 2 is 2.00 bits per heavy atom. The Morgan fingerprint density at radius 1 is 1.28 bits per heavy atom. The number of H-pyrrole nitrogens is 1. The van der Waals surface area contributed by atoms with Gasteiger partial charge in [0.05, 0.1) is 13.2 Å². The molecule has 0 spiro atoms. The quantitative estimate of drug-likeness (QED) is 0.664. The number of nitrogens with zero attached hydrogens (tertiary/aromatic N) is 1. The van der Waals surface area contributed by atoms with Gasteiger partial charge in [-0.25, -0.2) is 8.42 Å². The van der Waals surface area contributed by atoms with Gasteiger partial charge in [0.15, 0.2) is 0 Å². The van der Waals surface area contributed by atoms with Crippen molar-refractivity contribution < 1.29 is 17.9 Å². The number of ether oxygens (including phenoxy) is 1. The Labute approximate surface area is 159 Å². The average Bonchev–Trinajstić information content (AvgIpc) is 3.09. The van der Waals surface area contributed by atoms with Gasteiger partial charge in [0.25, 0.3) is 5.91 Å². The lowest BCUT2D eigenvalue weighted by atomic mass is 10.2. The number of aromatic amines is 1. The van der Waals surface area contributed by atoms with Gasteiger partial charge in [-0.15, -0.1) is 0 Å². The van der Waals surface area contributed by atoms with E-state index >= 15 is 0 Å². The third-order valence-corrected chi connectivity index (χ3v) is 6.49. The number of sulfonamides is 1. The van der Waals surface area contributed by atoms with Crippen molar-refractivity contribution in [2.45, 2.75) is 11.8 Å². The van der Waals surface area contributed by atoms with Gasteiger partial charge in [-0.2, -0.15) is 4.31 Å². The predicted octanol–water partition coefficient (Wildman–Crippen LogP) is 2.20. The summed E-state index contributed by atoms with van der Waals surface area (Å²) < 4.78 is 32.8. The minimum Gasteiger partial charge on any atom is -0.379 e. The fraction of sp³-hybridized carbons (Fsp3) is 0.312. The molecule has 2 aromatic rings. The van der Waals surface area contributed by atoms with Crippen LogP contribution in [0.2, 0.25) is 0 Å². The van der Waals surface area contributed by atoms with Crippen LogP contribution in [-0.4, -0.2) is 49.9 Å². The van der Waals surface area contributed by atoms with Crippen LogP contribution in [0.5, 0.6) is 0 Å². The largest absolute Gasteiger partial charge is 0.379 e. The van der Waals surface area contributed by atoms with Crippen molar-refractivity contribution in [2.75, 3.05) is 31.6 Å². The number of carbonyl (C=O) groups excluding carboxylic acids is 1. The molecule has 1 saturated heterocycles. The Kier molecular flexibility index (Phi) is 5.46. The highest BCUT2D eigenvalue weighted by atomic mass is 127. The Bertz CT molecular complexity index is 889. The number of aromatic nitrogens is 1. The highest BCUT2D eigenvalue weighted by molar-refractivity contribution is 14.1. The van der Waals surface area contributed by atoms with E-state index < -0.39 is 10.0 Å². The van der Waals surface area contributed by atoms with Crippen molar-refractivity contribution in [3.63, 3.8) is 0 Å². The van der Waals surface area contributed by atoms with E-state index in [0.717, 1.165) is 9.13 Å². The van der Waals surface area contributed by atoms with Crippen LogP contribution in [0.15, 0.2) is 35.4 Å². The number of hydrogen-bond donors (Lipinski definition) is 2. The first-order valence-electron chi connectivity index (χ1n) is 7.72. The highest BCUT2D eigenvalue weighted by Crippen LogP contribution is 2.21. The van der Waals surface area contributed by atoms with Crippen LogP contribution in [-0.2, 0) is 14.8 Å². The molecule has 2 N–H and O–H groups in total. The van der Waals surface area contributed by atoms with Crippen molar-refractivity contribution >= 4 is 44.2 Å². The monoisotopic (exact) mass is 475 g/mol. The lowest BCUT2D eigenvalue weighted by molar-refractivity contribution is 0.0730. The Balaban J connectivity index is 1.77. The van der Waals surface area contributed by atoms with Crippen LogP contribution in [0.4, 0.5) is 5.69 Å². The number of aryl methyl sites for hydroxylation is 1. The van der Waals surface area contributed by atoms with E-state index in [1.165, 1.54) is 16.6 Å². The number of rotatable bonds is 4. The number of amides is 1. The van der Waals surface area contributed by atoms with E-state index in [1.807, 2.05) is 25.1 Å². The third-order valence-electron chi connectivity index (χ3n) is 3.95. The predicted molar refractivity (Wildman–Crippen MR) is 102 cm³/mol. The normalized spacial score (nSPS) is 15.9. The number of hydrogen-bond acceptors (Lipinski definition) is 4.